The summed E-state index contributed by atoms with van der Waals surface area (Å²) in [6.07, 6.45) is 2.26. The van der Waals surface area contributed by atoms with Gasteiger partial charge in [0.15, 0.2) is 5.75 Å². The summed E-state index contributed by atoms with van der Waals surface area (Å²) in [5.41, 5.74) is -1.92. The van der Waals surface area contributed by atoms with Gasteiger partial charge in [0.05, 0.1) is 22.7 Å². The molecule has 0 saturated heterocycles. The predicted molar refractivity (Wildman–Crippen MR) is 86.7 cm³/mol. The quantitative estimate of drug-likeness (QED) is 0.331. The molecule has 0 atom stereocenters. The molecule has 0 unspecified atom stereocenters. The molecule has 0 saturated carbocycles. The SMILES string of the molecule is O=[N+]([O-])c1cc(F)cc(-c2nc(C(O)(O)c3cn[nH]c3)ccc2OC(F)F)c1. The molecule has 9 nitrogen and oxygen atoms in total. The van der Waals surface area contributed by atoms with Crippen molar-refractivity contribution in [1.82, 2.24) is 15.2 Å². The summed E-state index contributed by atoms with van der Waals surface area (Å²) in [5.74, 6) is -4.24. The molecule has 3 rings (SSSR count). The lowest BCUT2D eigenvalue weighted by molar-refractivity contribution is -0.385. The molecule has 2 aromatic heterocycles. The second kappa shape index (κ2) is 7.25. The van der Waals surface area contributed by atoms with E-state index in [9.17, 15) is 33.5 Å². The number of alkyl halides is 2. The van der Waals surface area contributed by atoms with Gasteiger partial charge < -0.3 is 14.9 Å². The van der Waals surface area contributed by atoms with Crippen molar-refractivity contribution in [2.45, 2.75) is 12.4 Å². The first-order chi connectivity index (χ1) is 13.2. The number of aromatic nitrogens is 3. The third kappa shape index (κ3) is 3.77. The number of halogens is 3. The van der Waals surface area contributed by atoms with Crippen LogP contribution in [-0.4, -0.2) is 36.9 Å². The Balaban J connectivity index is 2.19. The third-order valence-electron chi connectivity index (χ3n) is 3.70. The number of H-pyrrole nitrogens is 1. The zero-order valence-corrected chi connectivity index (χ0v) is 13.7. The minimum Gasteiger partial charge on any atom is -0.432 e. The van der Waals surface area contributed by atoms with Crippen LogP contribution in [0.1, 0.15) is 11.3 Å². The molecular formula is C16H11F3N4O5. The number of nitrogens with one attached hydrogen (secondary N) is 1. The first-order valence-corrected chi connectivity index (χ1v) is 7.54. The van der Waals surface area contributed by atoms with E-state index in [1.807, 2.05) is 0 Å². The number of rotatable bonds is 6. The van der Waals surface area contributed by atoms with Gasteiger partial charge in [-0.15, -0.1) is 0 Å². The predicted octanol–water partition coefficient (Wildman–Crippen LogP) is 2.31. The Kier molecular flexibility index (Phi) is 4.98. The van der Waals surface area contributed by atoms with Crippen LogP contribution < -0.4 is 4.74 Å². The number of hydrogen-bond donors (Lipinski definition) is 3. The summed E-state index contributed by atoms with van der Waals surface area (Å²) in [5, 5.41) is 37.6. The number of non-ortho nitro benzene ring substituents is 1. The summed E-state index contributed by atoms with van der Waals surface area (Å²) in [6, 6.07) is 4.30. The minimum atomic E-state index is -3.27. The van der Waals surface area contributed by atoms with Gasteiger partial charge in [0.2, 0.25) is 5.79 Å². The van der Waals surface area contributed by atoms with Crippen LogP contribution in [0.15, 0.2) is 42.7 Å². The topological polar surface area (TPSA) is 134 Å². The fraction of sp³-hybridized carbons (Fsp3) is 0.125. The van der Waals surface area contributed by atoms with E-state index >= 15 is 0 Å². The number of aromatic amines is 1. The van der Waals surface area contributed by atoms with Crippen molar-refractivity contribution in [2.24, 2.45) is 0 Å². The Morgan fingerprint density at radius 1 is 1.25 bits per heavy atom. The van der Waals surface area contributed by atoms with E-state index in [-0.39, 0.29) is 11.1 Å². The molecule has 0 aliphatic rings. The van der Waals surface area contributed by atoms with Crippen molar-refractivity contribution >= 4 is 5.69 Å². The van der Waals surface area contributed by atoms with E-state index in [1.165, 1.54) is 0 Å². The number of nitro benzene ring substituents is 1. The summed E-state index contributed by atoms with van der Waals surface area (Å²) in [4.78, 5) is 14.0. The summed E-state index contributed by atoms with van der Waals surface area (Å²) in [6.45, 7) is -3.27. The van der Waals surface area contributed by atoms with Crippen molar-refractivity contribution in [1.29, 1.82) is 0 Å². The lowest BCUT2D eigenvalue weighted by Crippen LogP contribution is -2.27. The zero-order chi connectivity index (χ0) is 20.5. The standard InChI is InChI=1S/C16H11F3N4O5/c17-10-3-8(4-11(5-10)23(26)27)14-12(28-15(18)19)1-2-13(22-14)16(24,25)9-6-20-21-7-9/h1-7,15,24-25H,(H,20,21). The number of nitro groups is 1. The Hall–Kier alpha value is -3.51. The summed E-state index contributed by atoms with van der Waals surface area (Å²) >= 11 is 0. The van der Waals surface area contributed by atoms with Crippen molar-refractivity contribution in [3.63, 3.8) is 0 Å². The van der Waals surface area contributed by atoms with Gasteiger partial charge in [-0.25, -0.2) is 9.37 Å². The van der Waals surface area contributed by atoms with Gasteiger partial charge in [0.1, 0.15) is 17.2 Å². The summed E-state index contributed by atoms with van der Waals surface area (Å²) in [7, 11) is 0. The molecule has 0 bridgehead atoms. The van der Waals surface area contributed by atoms with E-state index in [0.717, 1.165) is 36.7 Å². The number of pyridine rings is 1. The molecule has 0 spiro atoms. The highest BCUT2D eigenvalue weighted by Gasteiger charge is 2.32. The maximum atomic E-state index is 13.8. The van der Waals surface area contributed by atoms with Gasteiger partial charge in [0, 0.05) is 17.8 Å². The molecule has 12 heteroatoms. The lowest BCUT2D eigenvalue weighted by atomic mass is 10.0. The van der Waals surface area contributed by atoms with Crippen LogP contribution in [0.4, 0.5) is 18.9 Å². The molecule has 2 heterocycles. The molecular weight excluding hydrogens is 385 g/mol. The van der Waals surface area contributed by atoms with Crippen LogP contribution in [-0.2, 0) is 5.79 Å². The fourth-order valence-electron chi connectivity index (χ4n) is 2.44. The van der Waals surface area contributed by atoms with E-state index in [0.29, 0.717) is 6.07 Å². The highest BCUT2D eigenvalue weighted by atomic mass is 19.3. The lowest BCUT2D eigenvalue weighted by Gasteiger charge is -2.21. The monoisotopic (exact) mass is 396 g/mol. The van der Waals surface area contributed by atoms with E-state index < -0.39 is 46.0 Å². The average molecular weight is 396 g/mol. The van der Waals surface area contributed by atoms with Gasteiger partial charge in [-0.1, -0.05) is 0 Å². The van der Waals surface area contributed by atoms with Gasteiger partial charge in [0.25, 0.3) is 5.69 Å². The maximum Gasteiger partial charge on any atom is 0.387 e. The number of nitrogens with zero attached hydrogens (tertiary/aromatic N) is 3. The Labute approximate surface area is 154 Å². The van der Waals surface area contributed by atoms with Crippen molar-refractivity contribution in [3.8, 4) is 17.0 Å². The largest absolute Gasteiger partial charge is 0.432 e. The number of benzene rings is 1. The second-order valence-electron chi connectivity index (χ2n) is 5.54. The fourth-order valence-corrected chi connectivity index (χ4v) is 2.44. The first-order valence-electron chi connectivity index (χ1n) is 7.54. The van der Waals surface area contributed by atoms with Crippen LogP contribution in [0.3, 0.4) is 0 Å². The molecule has 146 valence electrons. The smallest absolute Gasteiger partial charge is 0.387 e. The van der Waals surface area contributed by atoms with Crippen molar-refractivity contribution in [3.05, 3.63) is 69.9 Å². The maximum absolute atomic E-state index is 13.8. The Bertz CT molecular complexity index is 1010. The normalized spacial score (nSPS) is 11.6. The number of aliphatic hydroxyl groups is 2. The summed E-state index contributed by atoms with van der Waals surface area (Å²) < 4.78 is 43.6. The van der Waals surface area contributed by atoms with Crippen LogP contribution in [0.2, 0.25) is 0 Å². The third-order valence-corrected chi connectivity index (χ3v) is 3.70. The highest BCUT2D eigenvalue weighted by molar-refractivity contribution is 5.69. The van der Waals surface area contributed by atoms with Crippen molar-refractivity contribution in [2.75, 3.05) is 0 Å². The van der Waals surface area contributed by atoms with E-state index in [1.54, 1.807) is 0 Å². The number of hydrogen-bond acceptors (Lipinski definition) is 7. The molecule has 3 aromatic rings. The van der Waals surface area contributed by atoms with E-state index in [4.69, 9.17) is 0 Å². The van der Waals surface area contributed by atoms with E-state index in [2.05, 4.69) is 19.9 Å². The van der Waals surface area contributed by atoms with Crippen LogP contribution in [0, 0.1) is 15.9 Å². The molecule has 28 heavy (non-hydrogen) atoms. The molecule has 0 aliphatic carbocycles. The van der Waals surface area contributed by atoms with Gasteiger partial charge in [-0.3, -0.25) is 15.2 Å². The van der Waals surface area contributed by atoms with Gasteiger partial charge in [-0.05, 0) is 18.2 Å². The van der Waals surface area contributed by atoms with Crippen LogP contribution in [0.25, 0.3) is 11.3 Å². The Morgan fingerprint density at radius 2 is 2.00 bits per heavy atom. The molecule has 0 radical (unpaired) electrons. The molecule has 0 aliphatic heterocycles. The van der Waals surface area contributed by atoms with Crippen molar-refractivity contribution < 1.29 is 33.0 Å². The molecule has 0 amide bonds. The molecule has 0 fully saturated rings. The highest BCUT2D eigenvalue weighted by Crippen LogP contribution is 2.35. The molecule has 1 aromatic carbocycles. The van der Waals surface area contributed by atoms with Gasteiger partial charge in [-0.2, -0.15) is 13.9 Å². The Morgan fingerprint density at radius 3 is 2.61 bits per heavy atom. The van der Waals surface area contributed by atoms with Gasteiger partial charge >= 0.3 is 6.61 Å². The first kappa shape index (κ1) is 19.3. The molecule has 3 N–H and O–H groups in total. The zero-order valence-electron chi connectivity index (χ0n) is 13.7. The average Bonchev–Trinajstić information content (AvgIpc) is 3.16. The van der Waals surface area contributed by atoms with Crippen LogP contribution >= 0.6 is 0 Å². The van der Waals surface area contributed by atoms with Crippen LogP contribution in [0.5, 0.6) is 5.75 Å². The minimum absolute atomic E-state index is 0.112. The second-order valence-corrected chi connectivity index (χ2v) is 5.54. The number of ether oxygens (including phenoxy) is 1.